The highest BCUT2D eigenvalue weighted by Gasteiger charge is 2.16. The molecule has 0 spiro atoms. The number of ether oxygens (including phenoxy) is 1. The minimum atomic E-state index is 0.605. The molecule has 0 N–H and O–H groups in total. The zero-order chi connectivity index (χ0) is 15.2. The maximum atomic E-state index is 6.07. The topological polar surface area (TPSA) is 9.23 Å². The Morgan fingerprint density at radius 2 is 2.05 bits per heavy atom. The second-order valence-corrected chi connectivity index (χ2v) is 8.25. The molecule has 0 amide bonds. The van der Waals surface area contributed by atoms with Gasteiger partial charge >= 0.3 is 0 Å². The Morgan fingerprint density at radius 1 is 1.24 bits per heavy atom. The van der Waals surface area contributed by atoms with E-state index in [2.05, 4.69) is 51.3 Å². The quantitative estimate of drug-likeness (QED) is 0.578. The first kappa shape index (κ1) is 16.8. The molecule has 0 aliphatic carbocycles. The Hall–Kier alpha value is -0.540. The van der Waals surface area contributed by atoms with E-state index >= 15 is 0 Å². The fourth-order valence-corrected chi connectivity index (χ4v) is 4.32. The van der Waals surface area contributed by atoms with E-state index < -0.39 is 0 Å². The molecule has 0 fully saturated rings. The van der Waals surface area contributed by atoms with E-state index in [1.54, 1.807) is 0 Å². The van der Waals surface area contributed by atoms with Gasteiger partial charge in [0, 0.05) is 15.6 Å². The van der Waals surface area contributed by atoms with Crippen LogP contribution < -0.4 is 4.74 Å². The van der Waals surface area contributed by atoms with Gasteiger partial charge in [0.05, 0.1) is 6.61 Å². The van der Waals surface area contributed by atoms with Gasteiger partial charge in [-0.2, -0.15) is 0 Å². The van der Waals surface area contributed by atoms with Crippen LogP contribution in [0.15, 0.2) is 23.6 Å². The van der Waals surface area contributed by atoms with Gasteiger partial charge in [-0.3, -0.25) is 0 Å². The van der Waals surface area contributed by atoms with E-state index in [-0.39, 0.29) is 0 Å². The summed E-state index contributed by atoms with van der Waals surface area (Å²) in [6, 6.07) is 6.74. The van der Waals surface area contributed by atoms with Gasteiger partial charge in [0.2, 0.25) is 0 Å². The van der Waals surface area contributed by atoms with E-state index in [0.29, 0.717) is 11.8 Å². The highest BCUT2D eigenvalue weighted by molar-refractivity contribution is 8.25. The van der Waals surface area contributed by atoms with Crippen molar-refractivity contribution in [3.05, 3.63) is 34.7 Å². The van der Waals surface area contributed by atoms with Crippen molar-refractivity contribution in [2.24, 2.45) is 5.92 Å². The van der Waals surface area contributed by atoms with E-state index in [0.717, 1.165) is 23.9 Å². The average molecular weight is 323 g/mol. The van der Waals surface area contributed by atoms with Crippen molar-refractivity contribution in [2.45, 2.75) is 46.5 Å². The van der Waals surface area contributed by atoms with Crippen LogP contribution in [0.4, 0.5) is 0 Å². The first-order valence-corrected chi connectivity index (χ1v) is 9.87. The second kappa shape index (κ2) is 8.19. The van der Waals surface area contributed by atoms with Crippen LogP contribution >= 0.6 is 23.5 Å². The minimum absolute atomic E-state index is 0.605. The van der Waals surface area contributed by atoms with Crippen molar-refractivity contribution in [3.8, 4) is 5.75 Å². The molecule has 0 radical (unpaired) electrons. The van der Waals surface area contributed by atoms with Crippen LogP contribution in [0, 0.1) is 5.92 Å². The smallest absolute Gasteiger partial charge is 0.127 e. The van der Waals surface area contributed by atoms with Gasteiger partial charge in [0.15, 0.2) is 0 Å². The van der Waals surface area contributed by atoms with Gasteiger partial charge in [0.1, 0.15) is 5.75 Å². The molecule has 0 saturated carbocycles. The van der Waals surface area contributed by atoms with Crippen LogP contribution in [-0.4, -0.2) is 11.7 Å². The highest BCUT2D eigenvalue weighted by atomic mass is 32.2. The van der Waals surface area contributed by atoms with Gasteiger partial charge in [-0.15, -0.1) is 23.5 Å². The zero-order valence-corrected chi connectivity index (χ0v) is 15.2. The lowest BCUT2D eigenvalue weighted by molar-refractivity contribution is 0.289. The van der Waals surface area contributed by atoms with Gasteiger partial charge < -0.3 is 4.74 Å². The average Bonchev–Trinajstić information content (AvgIpc) is 3.00. The van der Waals surface area contributed by atoms with E-state index in [4.69, 9.17) is 4.74 Å². The molecule has 1 aromatic carbocycles. The summed E-state index contributed by atoms with van der Waals surface area (Å²) in [5, 5.41) is 3.39. The minimum Gasteiger partial charge on any atom is -0.493 e. The monoisotopic (exact) mass is 322 g/mol. The fraction of sp³-hybridized carbons (Fsp3) is 0.556. The lowest BCUT2D eigenvalue weighted by atomic mass is 9.96. The first-order valence-electron chi connectivity index (χ1n) is 7.83. The Bertz CT molecular complexity index is 494. The number of hydrogen-bond acceptors (Lipinski definition) is 3. The summed E-state index contributed by atoms with van der Waals surface area (Å²) in [5.41, 5.74) is 2.70. The van der Waals surface area contributed by atoms with Crippen molar-refractivity contribution < 1.29 is 4.74 Å². The van der Waals surface area contributed by atoms with Gasteiger partial charge in [0.25, 0.3) is 0 Å². The summed E-state index contributed by atoms with van der Waals surface area (Å²) in [4.78, 5) is 1.37. The standard InChI is InChI=1S/C18H26OS2/c1-5-14(4)15-6-7-17(19-9-8-13(2)3)16(10-15)18-11-20-12-21-18/h6-7,10-11,13-14H,5,8-9,12H2,1-4H3. The number of benzene rings is 1. The second-order valence-electron chi connectivity index (χ2n) is 6.01. The summed E-state index contributed by atoms with van der Waals surface area (Å²) in [6.07, 6.45) is 2.28. The van der Waals surface area contributed by atoms with E-state index in [1.807, 2.05) is 23.5 Å². The van der Waals surface area contributed by atoms with Crippen LogP contribution in [0.1, 0.15) is 57.6 Å². The molecule has 1 unspecified atom stereocenters. The summed E-state index contributed by atoms with van der Waals surface area (Å²) in [6.45, 7) is 9.82. The molecule has 0 saturated heterocycles. The molecular weight excluding hydrogens is 296 g/mol. The maximum Gasteiger partial charge on any atom is 0.127 e. The molecule has 1 nitrogen and oxygen atoms in total. The van der Waals surface area contributed by atoms with Crippen LogP contribution in [0.5, 0.6) is 5.75 Å². The molecule has 1 aromatic rings. The molecular formula is C18H26OS2. The molecule has 2 rings (SSSR count). The van der Waals surface area contributed by atoms with Crippen LogP contribution in [0.3, 0.4) is 0 Å². The predicted octanol–water partition coefficient (Wildman–Crippen LogP) is 6.36. The highest BCUT2D eigenvalue weighted by Crippen LogP contribution is 2.43. The maximum absolute atomic E-state index is 6.07. The molecule has 1 atom stereocenters. The Labute approximate surface area is 137 Å². The van der Waals surface area contributed by atoms with Gasteiger partial charge in [-0.05, 0) is 47.8 Å². The fourth-order valence-electron chi connectivity index (χ4n) is 2.20. The third-order valence-corrected chi connectivity index (χ3v) is 6.09. The van der Waals surface area contributed by atoms with Gasteiger partial charge in [-0.1, -0.05) is 33.8 Å². The number of rotatable bonds is 7. The molecule has 1 heterocycles. The Morgan fingerprint density at radius 3 is 2.67 bits per heavy atom. The third-order valence-electron chi connectivity index (χ3n) is 3.88. The largest absolute Gasteiger partial charge is 0.493 e. The Balaban J connectivity index is 2.21. The van der Waals surface area contributed by atoms with Gasteiger partial charge in [-0.25, -0.2) is 0 Å². The van der Waals surface area contributed by atoms with E-state index in [9.17, 15) is 0 Å². The SMILES string of the molecule is CCC(C)c1ccc(OCCC(C)C)c(C2=CSCS2)c1. The molecule has 1 aliphatic rings. The molecule has 0 bridgehead atoms. The first-order chi connectivity index (χ1) is 10.1. The molecule has 3 heteroatoms. The Kier molecular flexibility index (Phi) is 6.56. The van der Waals surface area contributed by atoms with Crippen LogP contribution in [0.2, 0.25) is 0 Å². The van der Waals surface area contributed by atoms with Crippen molar-refractivity contribution in [1.29, 1.82) is 0 Å². The van der Waals surface area contributed by atoms with Crippen molar-refractivity contribution in [2.75, 3.05) is 11.7 Å². The summed E-state index contributed by atoms with van der Waals surface area (Å²) in [5.74, 6) is 2.33. The summed E-state index contributed by atoms with van der Waals surface area (Å²) >= 11 is 3.80. The molecule has 21 heavy (non-hydrogen) atoms. The van der Waals surface area contributed by atoms with Crippen LogP contribution in [0.25, 0.3) is 4.91 Å². The number of hydrogen-bond donors (Lipinski definition) is 0. The van der Waals surface area contributed by atoms with Crippen LogP contribution in [-0.2, 0) is 0 Å². The molecule has 1 aliphatic heterocycles. The van der Waals surface area contributed by atoms with E-state index in [1.165, 1.54) is 22.5 Å². The lowest BCUT2D eigenvalue weighted by Gasteiger charge is -2.16. The summed E-state index contributed by atoms with van der Waals surface area (Å²) in [7, 11) is 0. The molecule has 0 aromatic heterocycles. The molecule has 116 valence electrons. The summed E-state index contributed by atoms with van der Waals surface area (Å²) < 4.78 is 6.07. The third kappa shape index (κ3) is 4.72. The number of thioether (sulfide) groups is 2. The van der Waals surface area contributed by atoms with Crippen molar-refractivity contribution in [3.63, 3.8) is 0 Å². The van der Waals surface area contributed by atoms with Crippen molar-refractivity contribution in [1.82, 2.24) is 0 Å². The van der Waals surface area contributed by atoms with Crippen molar-refractivity contribution >= 4 is 28.4 Å². The normalized spacial score (nSPS) is 16.1. The lowest BCUT2D eigenvalue weighted by Crippen LogP contribution is -2.04. The predicted molar refractivity (Wildman–Crippen MR) is 98.1 cm³/mol. The zero-order valence-electron chi connectivity index (χ0n) is 13.5.